The van der Waals surface area contributed by atoms with Crippen LogP contribution < -0.4 is 4.74 Å². The largest absolute Gasteiger partial charge is 0.438 e. The van der Waals surface area contributed by atoms with Crippen molar-refractivity contribution in [1.82, 2.24) is 4.98 Å². The van der Waals surface area contributed by atoms with E-state index in [1.807, 2.05) is 54.8 Å². The Hall–Kier alpha value is -2.04. The summed E-state index contributed by atoms with van der Waals surface area (Å²) in [4.78, 5) is 5.57. The van der Waals surface area contributed by atoms with Crippen LogP contribution in [0.1, 0.15) is 5.56 Å². The van der Waals surface area contributed by atoms with Gasteiger partial charge in [0.1, 0.15) is 5.75 Å². The summed E-state index contributed by atoms with van der Waals surface area (Å²) < 4.78 is 5.91. The zero-order chi connectivity index (χ0) is 14.7. The van der Waals surface area contributed by atoms with Crippen LogP contribution in [0.4, 0.5) is 0 Å². The van der Waals surface area contributed by atoms with Crippen LogP contribution in [0.25, 0.3) is 10.9 Å². The summed E-state index contributed by atoms with van der Waals surface area (Å²) in [6.07, 6.45) is 2.01. The average Bonchev–Trinajstić information content (AvgIpc) is 2.54. The molecular formula is C17H15NO2S. The van der Waals surface area contributed by atoms with Crippen LogP contribution in [0.15, 0.2) is 59.5 Å². The van der Waals surface area contributed by atoms with E-state index in [0.29, 0.717) is 5.88 Å². The highest BCUT2D eigenvalue weighted by molar-refractivity contribution is 7.98. The van der Waals surface area contributed by atoms with E-state index in [2.05, 4.69) is 4.98 Å². The van der Waals surface area contributed by atoms with E-state index in [1.165, 1.54) is 0 Å². The van der Waals surface area contributed by atoms with Crippen LogP contribution in [-0.2, 0) is 6.61 Å². The fraction of sp³-hybridized carbons (Fsp3) is 0.118. The summed E-state index contributed by atoms with van der Waals surface area (Å²) in [6, 6.07) is 17.4. The lowest BCUT2D eigenvalue weighted by atomic mass is 10.1. The topological polar surface area (TPSA) is 42.4 Å². The minimum absolute atomic E-state index is 0.0381. The highest BCUT2D eigenvalue weighted by Crippen LogP contribution is 2.32. The zero-order valence-electron chi connectivity index (χ0n) is 11.6. The number of benzene rings is 2. The van der Waals surface area contributed by atoms with E-state index >= 15 is 0 Å². The van der Waals surface area contributed by atoms with Crippen LogP contribution in [-0.4, -0.2) is 16.3 Å². The van der Waals surface area contributed by atoms with Gasteiger partial charge in [0, 0.05) is 16.3 Å². The third kappa shape index (κ3) is 2.86. The molecule has 106 valence electrons. The lowest BCUT2D eigenvalue weighted by Crippen LogP contribution is -1.94. The Labute approximate surface area is 127 Å². The van der Waals surface area contributed by atoms with Gasteiger partial charge in [-0.15, -0.1) is 11.8 Å². The average molecular weight is 297 g/mol. The molecule has 4 heteroatoms. The summed E-state index contributed by atoms with van der Waals surface area (Å²) in [7, 11) is 0. The number of fused-ring (bicyclic) bond motifs is 1. The Morgan fingerprint density at radius 2 is 1.86 bits per heavy atom. The second kappa shape index (κ2) is 6.16. The maximum Gasteiger partial charge on any atom is 0.220 e. The summed E-state index contributed by atoms with van der Waals surface area (Å²) in [5, 5.41) is 10.5. The van der Waals surface area contributed by atoms with Crippen LogP contribution in [0.3, 0.4) is 0 Å². The Morgan fingerprint density at radius 1 is 1.10 bits per heavy atom. The van der Waals surface area contributed by atoms with Crippen molar-refractivity contribution in [2.24, 2.45) is 0 Å². The molecule has 0 amide bonds. The van der Waals surface area contributed by atoms with Gasteiger partial charge in [-0.3, -0.25) is 0 Å². The number of hydrogen-bond acceptors (Lipinski definition) is 4. The van der Waals surface area contributed by atoms with Gasteiger partial charge < -0.3 is 9.84 Å². The minimum atomic E-state index is -0.0381. The predicted molar refractivity (Wildman–Crippen MR) is 86.0 cm³/mol. The first-order valence-corrected chi connectivity index (χ1v) is 7.84. The summed E-state index contributed by atoms with van der Waals surface area (Å²) in [6.45, 7) is -0.0381. The van der Waals surface area contributed by atoms with Crippen molar-refractivity contribution in [3.05, 3.63) is 60.2 Å². The second-order valence-electron chi connectivity index (χ2n) is 4.55. The zero-order valence-corrected chi connectivity index (χ0v) is 12.4. The van der Waals surface area contributed by atoms with E-state index in [9.17, 15) is 5.11 Å². The van der Waals surface area contributed by atoms with E-state index in [1.54, 1.807) is 17.8 Å². The second-order valence-corrected chi connectivity index (χ2v) is 5.40. The smallest absolute Gasteiger partial charge is 0.220 e. The Kier molecular flexibility index (Phi) is 4.08. The molecule has 0 bridgehead atoms. The third-order valence-corrected chi connectivity index (χ3v) is 4.01. The number of aliphatic hydroxyl groups is 1. The summed E-state index contributed by atoms with van der Waals surface area (Å²) >= 11 is 1.63. The molecule has 0 spiro atoms. The van der Waals surface area contributed by atoms with E-state index in [4.69, 9.17) is 4.74 Å². The lowest BCUT2D eigenvalue weighted by molar-refractivity contribution is 0.282. The molecular weight excluding hydrogens is 282 g/mol. The van der Waals surface area contributed by atoms with Gasteiger partial charge in [0.05, 0.1) is 12.1 Å². The molecule has 0 fully saturated rings. The van der Waals surface area contributed by atoms with Gasteiger partial charge in [0.25, 0.3) is 0 Å². The molecule has 21 heavy (non-hydrogen) atoms. The van der Waals surface area contributed by atoms with Crippen molar-refractivity contribution >= 4 is 22.7 Å². The molecule has 0 radical (unpaired) electrons. The Bertz CT molecular complexity index is 774. The van der Waals surface area contributed by atoms with Gasteiger partial charge in [-0.05, 0) is 30.0 Å². The molecule has 0 aliphatic heterocycles. The van der Waals surface area contributed by atoms with Crippen LogP contribution in [0.2, 0.25) is 0 Å². The Balaban J connectivity index is 2.05. The molecule has 0 saturated heterocycles. The van der Waals surface area contributed by atoms with Gasteiger partial charge in [-0.25, -0.2) is 4.98 Å². The molecule has 0 saturated carbocycles. The van der Waals surface area contributed by atoms with Crippen molar-refractivity contribution in [3.63, 3.8) is 0 Å². The molecule has 0 aliphatic carbocycles. The molecule has 2 aromatic carbocycles. The SMILES string of the molecule is CSc1ccccc1Oc1cc(CO)c2ccccc2n1. The highest BCUT2D eigenvalue weighted by Gasteiger charge is 2.08. The van der Waals surface area contributed by atoms with E-state index < -0.39 is 0 Å². The van der Waals surface area contributed by atoms with E-state index in [0.717, 1.165) is 27.1 Å². The number of para-hydroxylation sites is 2. The number of pyridine rings is 1. The molecule has 1 aromatic heterocycles. The lowest BCUT2D eigenvalue weighted by Gasteiger charge is -2.11. The third-order valence-electron chi connectivity index (χ3n) is 3.23. The molecule has 1 heterocycles. The highest BCUT2D eigenvalue weighted by atomic mass is 32.2. The molecule has 3 aromatic rings. The molecule has 3 nitrogen and oxygen atoms in total. The van der Waals surface area contributed by atoms with Gasteiger partial charge in [-0.1, -0.05) is 30.3 Å². The van der Waals surface area contributed by atoms with Crippen LogP contribution >= 0.6 is 11.8 Å². The van der Waals surface area contributed by atoms with Gasteiger partial charge >= 0.3 is 0 Å². The molecule has 0 unspecified atom stereocenters. The van der Waals surface area contributed by atoms with Crippen molar-refractivity contribution in [1.29, 1.82) is 0 Å². The number of ether oxygens (including phenoxy) is 1. The van der Waals surface area contributed by atoms with Crippen LogP contribution in [0.5, 0.6) is 11.6 Å². The number of thioether (sulfide) groups is 1. The fourth-order valence-electron chi connectivity index (χ4n) is 2.22. The van der Waals surface area contributed by atoms with Crippen molar-refractivity contribution in [2.45, 2.75) is 11.5 Å². The van der Waals surface area contributed by atoms with Gasteiger partial charge in [0.2, 0.25) is 5.88 Å². The van der Waals surface area contributed by atoms with Crippen LogP contribution in [0, 0.1) is 0 Å². The first kappa shape index (κ1) is 13.9. The van der Waals surface area contributed by atoms with Gasteiger partial charge in [0.15, 0.2) is 0 Å². The molecule has 1 N–H and O–H groups in total. The number of rotatable bonds is 4. The minimum Gasteiger partial charge on any atom is -0.438 e. The first-order chi connectivity index (χ1) is 10.3. The summed E-state index contributed by atoms with van der Waals surface area (Å²) in [5.74, 6) is 1.27. The fourth-order valence-corrected chi connectivity index (χ4v) is 2.74. The first-order valence-electron chi connectivity index (χ1n) is 6.62. The maximum absolute atomic E-state index is 9.54. The monoisotopic (exact) mass is 297 g/mol. The number of nitrogens with zero attached hydrogens (tertiary/aromatic N) is 1. The quantitative estimate of drug-likeness (QED) is 0.731. The maximum atomic E-state index is 9.54. The molecule has 0 atom stereocenters. The molecule has 3 rings (SSSR count). The predicted octanol–water partition coefficient (Wildman–Crippen LogP) is 4.24. The summed E-state index contributed by atoms with van der Waals surface area (Å²) in [5.41, 5.74) is 1.64. The van der Waals surface area contributed by atoms with Crippen molar-refractivity contribution in [2.75, 3.05) is 6.26 Å². The van der Waals surface area contributed by atoms with Crippen molar-refractivity contribution < 1.29 is 9.84 Å². The standard InChI is InChI=1S/C17H15NO2S/c1-21-16-9-5-4-8-15(16)20-17-10-12(11-19)13-6-2-3-7-14(13)18-17/h2-10,19H,11H2,1H3. The molecule has 0 aliphatic rings. The van der Waals surface area contributed by atoms with Gasteiger partial charge in [-0.2, -0.15) is 0 Å². The normalized spacial score (nSPS) is 10.8. The number of hydrogen-bond donors (Lipinski definition) is 1. The number of aliphatic hydroxyl groups excluding tert-OH is 1. The Morgan fingerprint density at radius 3 is 2.67 bits per heavy atom. The van der Waals surface area contributed by atoms with Crippen molar-refractivity contribution in [3.8, 4) is 11.6 Å². The number of aromatic nitrogens is 1. The van der Waals surface area contributed by atoms with E-state index in [-0.39, 0.29) is 6.61 Å².